The molecule has 1 N–H and O–H groups in total. The van der Waals surface area contributed by atoms with Crippen molar-refractivity contribution >= 4 is 37.5 Å². The van der Waals surface area contributed by atoms with Gasteiger partial charge in [0.15, 0.2) is 11.5 Å². The van der Waals surface area contributed by atoms with Crippen LogP contribution >= 0.6 is 15.9 Å². The fraction of sp³-hybridized carbons (Fsp3) is 0.278. The molecule has 0 fully saturated rings. The van der Waals surface area contributed by atoms with E-state index in [0.29, 0.717) is 23.8 Å². The van der Waals surface area contributed by atoms with E-state index in [1.165, 1.54) is 0 Å². The van der Waals surface area contributed by atoms with E-state index in [4.69, 9.17) is 9.47 Å². The summed E-state index contributed by atoms with van der Waals surface area (Å²) in [5.74, 6) is 0.857. The van der Waals surface area contributed by atoms with Crippen molar-refractivity contribution < 1.29 is 22.7 Å². The molecule has 0 aromatic heterocycles. The van der Waals surface area contributed by atoms with Crippen molar-refractivity contribution in [2.75, 3.05) is 30.3 Å². The van der Waals surface area contributed by atoms with Crippen molar-refractivity contribution in [2.24, 2.45) is 0 Å². The highest BCUT2D eigenvalue weighted by Gasteiger charge is 2.24. The quantitative estimate of drug-likeness (QED) is 0.722. The van der Waals surface area contributed by atoms with Crippen LogP contribution in [0.3, 0.4) is 0 Å². The maximum Gasteiger partial charge on any atom is 0.240 e. The Morgan fingerprint density at radius 3 is 2.67 bits per heavy atom. The molecule has 0 radical (unpaired) electrons. The van der Waals surface area contributed by atoms with Gasteiger partial charge in [-0.3, -0.25) is 9.10 Å². The number of ether oxygens (including phenoxy) is 2. The van der Waals surface area contributed by atoms with E-state index in [2.05, 4.69) is 21.2 Å². The number of fused-ring (bicyclic) bond motifs is 1. The summed E-state index contributed by atoms with van der Waals surface area (Å²) >= 11 is 3.31. The molecule has 2 aromatic carbocycles. The highest BCUT2D eigenvalue weighted by Crippen LogP contribution is 2.30. The summed E-state index contributed by atoms with van der Waals surface area (Å²) in [5.41, 5.74) is 0.410. The van der Waals surface area contributed by atoms with Gasteiger partial charge in [0.2, 0.25) is 15.9 Å². The molecule has 0 bridgehead atoms. The molecule has 0 aliphatic carbocycles. The van der Waals surface area contributed by atoms with Gasteiger partial charge in [-0.15, -0.1) is 0 Å². The van der Waals surface area contributed by atoms with E-state index >= 15 is 0 Å². The average molecular weight is 455 g/mol. The molecule has 0 saturated carbocycles. The lowest BCUT2D eigenvalue weighted by atomic mass is 10.2. The fourth-order valence-electron chi connectivity index (χ4n) is 2.61. The van der Waals surface area contributed by atoms with Crippen molar-refractivity contribution in [3.05, 3.63) is 53.0 Å². The number of nitrogens with one attached hydrogen (secondary N) is 1. The minimum Gasteiger partial charge on any atom is -0.486 e. The molecule has 1 unspecified atom stereocenters. The number of hydrogen-bond acceptors (Lipinski definition) is 5. The monoisotopic (exact) mass is 454 g/mol. The summed E-state index contributed by atoms with van der Waals surface area (Å²) in [6.07, 6.45) is 0.720. The maximum absolute atomic E-state index is 12.3. The predicted molar refractivity (Wildman–Crippen MR) is 106 cm³/mol. The molecular formula is C18H19BrN2O5S. The molecule has 0 spiro atoms. The normalized spacial score (nSPS) is 15.9. The summed E-state index contributed by atoms with van der Waals surface area (Å²) in [7, 11) is -3.62. The van der Waals surface area contributed by atoms with Crippen LogP contribution in [0.25, 0.3) is 0 Å². The van der Waals surface area contributed by atoms with Crippen molar-refractivity contribution in [1.82, 2.24) is 5.32 Å². The first-order chi connectivity index (χ1) is 12.8. The highest BCUT2D eigenvalue weighted by atomic mass is 79.9. The standard InChI is InChI=1S/C18H19BrN2O5S/c1-27(23,24)21(14-6-4-5-13(19)9-14)11-18(22)20-10-15-12-25-16-7-2-3-8-17(16)26-15/h2-9,15H,10-12H2,1H3,(H,20,22). The third-order valence-electron chi connectivity index (χ3n) is 3.88. The Morgan fingerprint density at radius 2 is 1.96 bits per heavy atom. The third-order valence-corrected chi connectivity index (χ3v) is 5.51. The SMILES string of the molecule is CS(=O)(=O)N(CC(=O)NCC1COc2ccccc2O1)c1cccc(Br)c1. The summed E-state index contributed by atoms with van der Waals surface area (Å²) in [6, 6.07) is 14.1. The number of rotatable bonds is 6. The van der Waals surface area contributed by atoms with Gasteiger partial charge < -0.3 is 14.8 Å². The first-order valence-electron chi connectivity index (χ1n) is 8.21. The van der Waals surface area contributed by atoms with E-state index in [9.17, 15) is 13.2 Å². The number of carbonyl (C=O) groups is 1. The molecule has 2 aromatic rings. The van der Waals surface area contributed by atoms with Gasteiger partial charge in [0.25, 0.3) is 0 Å². The molecule has 27 heavy (non-hydrogen) atoms. The number of amides is 1. The molecule has 1 amide bonds. The lowest BCUT2D eigenvalue weighted by molar-refractivity contribution is -0.120. The third kappa shape index (κ3) is 5.14. The smallest absolute Gasteiger partial charge is 0.240 e. The van der Waals surface area contributed by atoms with Crippen LogP contribution in [-0.4, -0.2) is 46.4 Å². The second kappa shape index (κ2) is 8.18. The average Bonchev–Trinajstić information content (AvgIpc) is 2.63. The molecule has 0 saturated heterocycles. The van der Waals surface area contributed by atoms with Gasteiger partial charge in [0.05, 0.1) is 18.5 Å². The lowest BCUT2D eigenvalue weighted by Crippen LogP contribution is -2.45. The second-order valence-corrected chi connectivity index (χ2v) is 8.87. The van der Waals surface area contributed by atoms with Gasteiger partial charge in [0.1, 0.15) is 19.3 Å². The molecule has 1 aliphatic rings. The lowest BCUT2D eigenvalue weighted by Gasteiger charge is -2.27. The number of anilines is 1. The Hall–Kier alpha value is -2.26. The van der Waals surface area contributed by atoms with E-state index in [1.54, 1.807) is 30.3 Å². The number of para-hydroxylation sites is 2. The Labute approximate surface area is 166 Å². The number of carbonyl (C=O) groups excluding carboxylic acids is 1. The topological polar surface area (TPSA) is 84.9 Å². The molecule has 7 nitrogen and oxygen atoms in total. The number of hydrogen-bond donors (Lipinski definition) is 1. The Kier molecular flexibility index (Phi) is 5.91. The highest BCUT2D eigenvalue weighted by molar-refractivity contribution is 9.10. The summed E-state index contributed by atoms with van der Waals surface area (Å²) in [6.45, 7) is 0.196. The molecule has 1 heterocycles. The second-order valence-electron chi connectivity index (χ2n) is 6.05. The largest absolute Gasteiger partial charge is 0.486 e. The van der Waals surface area contributed by atoms with Gasteiger partial charge >= 0.3 is 0 Å². The Balaban J connectivity index is 1.60. The zero-order chi connectivity index (χ0) is 19.4. The van der Waals surface area contributed by atoms with Crippen LogP contribution in [0.15, 0.2) is 53.0 Å². The fourth-order valence-corrected chi connectivity index (χ4v) is 3.84. The van der Waals surface area contributed by atoms with Crippen molar-refractivity contribution in [3.63, 3.8) is 0 Å². The van der Waals surface area contributed by atoms with Gasteiger partial charge in [0, 0.05) is 4.47 Å². The van der Waals surface area contributed by atoms with Crippen LogP contribution in [0, 0.1) is 0 Å². The van der Waals surface area contributed by atoms with E-state index in [1.807, 2.05) is 18.2 Å². The first kappa shape index (κ1) is 19.5. The Morgan fingerprint density at radius 1 is 1.22 bits per heavy atom. The van der Waals surface area contributed by atoms with Crippen LogP contribution < -0.4 is 19.1 Å². The van der Waals surface area contributed by atoms with E-state index < -0.39 is 15.9 Å². The zero-order valence-corrected chi connectivity index (χ0v) is 17.0. The van der Waals surface area contributed by atoms with E-state index in [-0.39, 0.29) is 19.2 Å². The number of sulfonamides is 1. The van der Waals surface area contributed by atoms with Gasteiger partial charge in [-0.2, -0.15) is 0 Å². The first-order valence-corrected chi connectivity index (χ1v) is 10.9. The van der Waals surface area contributed by atoms with Crippen LogP contribution in [-0.2, 0) is 14.8 Å². The number of halogens is 1. The molecule has 144 valence electrons. The zero-order valence-electron chi connectivity index (χ0n) is 14.6. The van der Waals surface area contributed by atoms with E-state index in [0.717, 1.165) is 15.0 Å². The van der Waals surface area contributed by atoms with Gasteiger partial charge in [-0.1, -0.05) is 34.1 Å². The van der Waals surface area contributed by atoms with Crippen LogP contribution in [0.4, 0.5) is 5.69 Å². The summed E-state index contributed by atoms with van der Waals surface area (Å²) in [5, 5.41) is 2.71. The minimum atomic E-state index is -3.62. The maximum atomic E-state index is 12.3. The van der Waals surface area contributed by atoms with Crippen molar-refractivity contribution in [2.45, 2.75) is 6.10 Å². The van der Waals surface area contributed by atoms with Crippen LogP contribution in [0.1, 0.15) is 0 Å². The van der Waals surface area contributed by atoms with Crippen molar-refractivity contribution in [1.29, 1.82) is 0 Å². The number of nitrogens with zero attached hydrogens (tertiary/aromatic N) is 1. The predicted octanol–water partition coefficient (Wildman–Crippen LogP) is 2.17. The molecule has 1 atom stereocenters. The number of benzene rings is 2. The Bertz CT molecular complexity index is 935. The molecule has 9 heteroatoms. The summed E-state index contributed by atoms with van der Waals surface area (Å²) < 4.78 is 37.4. The molecule has 1 aliphatic heterocycles. The van der Waals surface area contributed by atoms with Crippen molar-refractivity contribution in [3.8, 4) is 11.5 Å². The van der Waals surface area contributed by atoms with Crippen LogP contribution in [0.2, 0.25) is 0 Å². The summed E-state index contributed by atoms with van der Waals surface area (Å²) in [4.78, 5) is 12.3. The van der Waals surface area contributed by atoms with Gasteiger partial charge in [-0.05, 0) is 30.3 Å². The molecular weight excluding hydrogens is 436 g/mol. The van der Waals surface area contributed by atoms with Gasteiger partial charge in [-0.25, -0.2) is 8.42 Å². The minimum absolute atomic E-state index is 0.212. The molecule has 3 rings (SSSR count). The van der Waals surface area contributed by atoms with Crippen LogP contribution in [0.5, 0.6) is 11.5 Å².